The molecule has 12 nitrogen and oxygen atoms in total. The lowest BCUT2D eigenvalue weighted by Gasteiger charge is -2.28. The largest absolute Gasteiger partial charge is 0.469 e. The molecule has 4 bridgehead atoms. The van der Waals surface area contributed by atoms with Crippen LogP contribution in [0.25, 0.3) is 11.6 Å². The minimum Gasteiger partial charge on any atom is -0.469 e. The van der Waals surface area contributed by atoms with Gasteiger partial charge in [-0.05, 0) is 41.7 Å². The predicted molar refractivity (Wildman–Crippen MR) is 161 cm³/mol. The van der Waals surface area contributed by atoms with Crippen LogP contribution in [0.3, 0.4) is 0 Å². The van der Waals surface area contributed by atoms with Crippen LogP contribution in [0.1, 0.15) is 60.8 Å². The normalized spacial score (nSPS) is 23.5. The Labute approximate surface area is 258 Å². The molecule has 1 spiro atoms. The first-order valence-electron chi connectivity index (χ1n) is 14.8. The topological polar surface area (TPSA) is 172 Å². The molecule has 2 aromatic heterocycles. The van der Waals surface area contributed by atoms with Crippen molar-refractivity contribution in [3.8, 4) is 17.3 Å². The third kappa shape index (κ3) is 4.43. The van der Waals surface area contributed by atoms with E-state index in [4.69, 9.17) is 18.6 Å². The number of amides is 2. The monoisotopic (exact) mass is 611 g/mol. The Morgan fingerprint density at radius 1 is 1.18 bits per heavy atom. The number of aliphatic hydroxyl groups excluding tert-OH is 2. The van der Waals surface area contributed by atoms with E-state index in [0.717, 1.165) is 22.4 Å². The molecule has 0 saturated carbocycles. The van der Waals surface area contributed by atoms with Gasteiger partial charge in [-0.15, -0.1) is 0 Å². The molecule has 232 valence electrons. The number of ether oxygens (including phenoxy) is 1. The first-order chi connectivity index (χ1) is 21.6. The number of carbonyl (C=O) groups excluding carboxylic acids is 2. The maximum absolute atomic E-state index is 13.9. The van der Waals surface area contributed by atoms with Crippen molar-refractivity contribution in [2.24, 2.45) is 5.92 Å². The minimum absolute atomic E-state index is 0.125. The third-order valence-electron chi connectivity index (χ3n) is 8.66. The van der Waals surface area contributed by atoms with Crippen LogP contribution in [0.2, 0.25) is 0 Å². The summed E-state index contributed by atoms with van der Waals surface area (Å²) >= 11 is 0. The first kappa shape index (κ1) is 28.8. The van der Waals surface area contributed by atoms with E-state index in [0.29, 0.717) is 22.8 Å². The summed E-state index contributed by atoms with van der Waals surface area (Å²) in [4.78, 5) is 36.2. The first-order valence-corrected chi connectivity index (χ1v) is 14.8. The fourth-order valence-electron chi connectivity index (χ4n) is 6.36. The molecule has 5 atom stereocenters. The van der Waals surface area contributed by atoms with E-state index >= 15 is 0 Å². The van der Waals surface area contributed by atoms with Crippen molar-refractivity contribution in [2.75, 3.05) is 5.32 Å². The number of carbonyl (C=O) groups is 2. The fraction of sp³-hybridized carbons (Fsp3) is 0.333. The summed E-state index contributed by atoms with van der Waals surface area (Å²) in [6.45, 7) is 8.94. The Kier molecular flexibility index (Phi) is 6.79. The van der Waals surface area contributed by atoms with Crippen molar-refractivity contribution < 1.29 is 33.4 Å². The van der Waals surface area contributed by atoms with E-state index in [1.807, 2.05) is 42.5 Å². The molecular weight excluding hydrogens is 578 g/mol. The van der Waals surface area contributed by atoms with Crippen LogP contribution in [-0.2, 0) is 28.0 Å². The van der Waals surface area contributed by atoms with E-state index in [-0.39, 0.29) is 36.4 Å². The quantitative estimate of drug-likeness (QED) is 0.204. The zero-order valence-corrected chi connectivity index (χ0v) is 25.0. The smallest absolute Gasteiger partial charge is 0.249 e. The van der Waals surface area contributed by atoms with E-state index in [1.165, 1.54) is 6.26 Å². The second-order valence-electron chi connectivity index (χ2n) is 12.1. The van der Waals surface area contributed by atoms with Crippen molar-refractivity contribution in [3.63, 3.8) is 0 Å². The number of hydrogen-bond acceptors (Lipinski definition) is 10. The lowest BCUT2D eigenvalue weighted by Crippen LogP contribution is -2.52. The van der Waals surface area contributed by atoms with Gasteiger partial charge in [0, 0.05) is 17.7 Å². The molecule has 0 aliphatic carbocycles. The van der Waals surface area contributed by atoms with Crippen molar-refractivity contribution in [1.29, 1.82) is 0 Å². The summed E-state index contributed by atoms with van der Waals surface area (Å²) in [5.41, 5.74) is 3.28. The van der Waals surface area contributed by atoms with Gasteiger partial charge in [-0.3, -0.25) is 9.59 Å². The number of hydrogen-bond donors (Lipinski definition) is 5. The van der Waals surface area contributed by atoms with Gasteiger partial charge in [0.05, 0.1) is 6.61 Å². The van der Waals surface area contributed by atoms with E-state index in [9.17, 15) is 19.8 Å². The lowest BCUT2D eigenvalue weighted by molar-refractivity contribution is -0.135. The molecule has 0 saturated heterocycles. The molecular formula is C33H33N5O7. The number of oxazole rings is 2. The molecule has 3 aliphatic rings. The number of nitrogens with one attached hydrogen (secondary N) is 3. The van der Waals surface area contributed by atoms with Crippen LogP contribution in [0.15, 0.2) is 69.7 Å². The van der Waals surface area contributed by atoms with E-state index < -0.39 is 41.6 Å². The van der Waals surface area contributed by atoms with Crippen LogP contribution in [0, 0.1) is 5.92 Å². The average Bonchev–Trinajstić information content (AvgIpc) is 3.79. The van der Waals surface area contributed by atoms with Gasteiger partial charge in [-0.25, -0.2) is 9.97 Å². The maximum Gasteiger partial charge on any atom is 0.249 e. The summed E-state index contributed by atoms with van der Waals surface area (Å²) in [6.07, 6.45) is -0.445. The SMILES string of the molecule is C=C(C)C1NC(=O)[C@@H](NC(=O)[C@@H](O)C(C)C)Cc2ccc3c(c2)[C@@]2(c4ccccc4NC2O3)c2oc1nc2-c1nc(CO)co1. The minimum atomic E-state index is -1.30. The Bertz CT molecular complexity index is 1840. The van der Waals surface area contributed by atoms with Crippen molar-refractivity contribution in [2.45, 2.75) is 63.6 Å². The number of rotatable bonds is 6. The van der Waals surface area contributed by atoms with Crippen molar-refractivity contribution in [3.05, 3.63) is 94.9 Å². The molecule has 0 radical (unpaired) electrons. The van der Waals surface area contributed by atoms with Gasteiger partial charge in [0.2, 0.25) is 23.6 Å². The molecule has 7 rings (SSSR count). The standard InChI is InChI=1S/C33H33N5O7/c1-15(2)24-31-38-25(30-34-18(13-39)14-43-30)27(45-31)33-19-7-5-6-8-21(19)36-32(33)44-23-10-9-17(11-20(23)33)12-22(28(41)37-24)35-29(42)26(40)16(3)4/h5-11,14,16,22,24,26,32,36,39-40H,1,12-13H2,2-4H3,(H,35,42)(H,37,41)/t22-,24?,26-,32?,33-/m0/s1. The number of aliphatic hydroxyl groups is 2. The Hall–Kier alpha value is -4.94. The van der Waals surface area contributed by atoms with Crippen molar-refractivity contribution in [1.82, 2.24) is 20.6 Å². The maximum atomic E-state index is 13.9. The van der Waals surface area contributed by atoms with Gasteiger partial charge in [-0.2, -0.15) is 0 Å². The second kappa shape index (κ2) is 10.6. The van der Waals surface area contributed by atoms with Gasteiger partial charge in [0.15, 0.2) is 17.7 Å². The molecule has 2 aromatic carbocycles. The highest BCUT2D eigenvalue weighted by molar-refractivity contribution is 5.90. The van der Waals surface area contributed by atoms with Crippen LogP contribution >= 0.6 is 0 Å². The molecule has 0 fully saturated rings. The number of nitrogens with zero attached hydrogens (tertiary/aromatic N) is 2. The Balaban J connectivity index is 1.48. The third-order valence-corrected chi connectivity index (χ3v) is 8.66. The van der Waals surface area contributed by atoms with E-state index in [2.05, 4.69) is 27.5 Å². The summed E-state index contributed by atoms with van der Waals surface area (Å²) in [5.74, 6) is -0.272. The van der Waals surface area contributed by atoms with Gasteiger partial charge in [0.1, 0.15) is 41.3 Å². The number of para-hydroxylation sites is 1. The van der Waals surface area contributed by atoms with Gasteiger partial charge in [-0.1, -0.05) is 50.8 Å². The molecule has 3 aliphatic heterocycles. The molecule has 5 heterocycles. The highest BCUT2D eigenvalue weighted by Gasteiger charge is 2.61. The van der Waals surface area contributed by atoms with Gasteiger partial charge in [0.25, 0.3) is 0 Å². The van der Waals surface area contributed by atoms with Crippen molar-refractivity contribution >= 4 is 17.5 Å². The summed E-state index contributed by atoms with van der Waals surface area (Å²) in [5, 5.41) is 29.4. The van der Waals surface area contributed by atoms with Gasteiger partial charge >= 0.3 is 0 Å². The summed E-state index contributed by atoms with van der Waals surface area (Å²) in [6, 6.07) is 11.5. The fourth-order valence-corrected chi connectivity index (χ4v) is 6.36. The predicted octanol–water partition coefficient (Wildman–Crippen LogP) is 3.09. The second-order valence-corrected chi connectivity index (χ2v) is 12.1. The molecule has 12 heteroatoms. The van der Waals surface area contributed by atoms with Crippen LogP contribution in [-0.4, -0.2) is 50.4 Å². The molecule has 5 N–H and O–H groups in total. The average molecular weight is 612 g/mol. The van der Waals surface area contributed by atoms with Crippen LogP contribution in [0.4, 0.5) is 5.69 Å². The number of benzene rings is 2. The van der Waals surface area contributed by atoms with Crippen LogP contribution in [0.5, 0.6) is 5.75 Å². The summed E-state index contributed by atoms with van der Waals surface area (Å²) < 4.78 is 19.0. The van der Waals surface area contributed by atoms with Gasteiger partial charge < -0.3 is 39.7 Å². The Morgan fingerprint density at radius 2 is 1.98 bits per heavy atom. The number of fused-ring (bicyclic) bond motifs is 4. The van der Waals surface area contributed by atoms with E-state index in [1.54, 1.807) is 20.8 Å². The molecule has 4 aromatic rings. The lowest BCUT2D eigenvalue weighted by atomic mass is 9.72. The zero-order valence-electron chi connectivity index (χ0n) is 25.0. The number of aromatic nitrogens is 2. The highest BCUT2D eigenvalue weighted by atomic mass is 16.5. The molecule has 2 unspecified atom stereocenters. The Morgan fingerprint density at radius 3 is 2.71 bits per heavy atom. The highest BCUT2D eigenvalue weighted by Crippen LogP contribution is 2.59. The summed E-state index contributed by atoms with van der Waals surface area (Å²) in [7, 11) is 0. The zero-order chi connectivity index (χ0) is 31.6. The number of anilines is 1. The molecule has 45 heavy (non-hydrogen) atoms. The van der Waals surface area contributed by atoms with Crippen LogP contribution < -0.4 is 20.7 Å². The molecule has 2 amide bonds.